The fourth-order valence-electron chi connectivity index (χ4n) is 3.46. The molecular weight excluding hydrogens is 501 g/mol. The molecule has 2 aromatic carbocycles. The van der Waals surface area contributed by atoms with Gasteiger partial charge < -0.3 is 19.6 Å². The first kappa shape index (κ1) is 22.9. The number of fused-ring (bicyclic) bond motifs is 1. The predicted octanol–water partition coefficient (Wildman–Crippen LogP) is 4.86. The molecule has 0 saturated heterocycles. The third-order valence-electron chi connectivity index (χ3n) is 5.08. The second kappa shape index (κ2) is 11.0. The van der Waals surface area contributed by atoms with E-state index in [4.69, 9.17) is 9.41 Å². The number of furan rings is 1. The zero-order valence-corrected chi connectivity index (χ0v) is 20.2. The highest BCUT2D eigenvalue weighted by molar-refractivity contribution is 14.0. The molecule has 162 valence electrons. The fraction of sp³-hybridized carbons (Fsp3) is 0.250. The number of nitrogens with one attached hydrogen (secondary N) is 2. The topological polar surface area (TPSA) is 67.4 Å². The number of benzene rings is 2. The zero-order chi connectivity index (χ0) is 20.8. The predicted molar refractivity (Wildman–Crippen MR) is 136 cm³/mol. The summed E-state index contributed by atoms with van der Waals surface area (Å²) in [4.78, 5) is 9.21. The van der Waals surface area contributed by atoms with Gasteiger partial charge in [0.05, 0.1) is 6.54 Å². The van der Waals surface area contributed by atoms with Gasteiger partial charge in [-0.25, -0.2) is 9.98 Å². The van der Waals surface area contributed by atoms with Gasteiger partial charge in [-0.15, -0.1) is 24.0 Å². The fourth-order valence-corrected chi connectivity index (χ4v) is 3.46. The number of imidazole rings is 1. The van der Waals surface area contributed by atoms with Crippen molar-refractivity contribution in [1.82, 2.24) is 20.2 Å². The Kier molecular flexibility index (Phi) is 8.11. The van der Waals surface area contributed by atoms with Crippen LogP contribution in [0.5, 0.6) is 0 Å². The van der Waals surface area contributed by atoms with Crippen LogP contribution in [0.25, 0.3) is 11.0 Å². The maximum Gasteiger partial charge on any atom is 0.192 e. The summed E-state index contributed by atoms with van der Waals surface area (Å²) in [6.07, 6.45) is 3.82. The van der Waals surface area contributed by atoms with Gasteiger partial charge in [0.15, 0.2) is 5.96 Å². The number of hydrogen-bond donors (Lipinski definition) is 2. The second-order valence-corrected chi connectivity index (χ2v) is 7.15. The maximum atomic E-state index is 6.00. The van der Waals surface area contributed by atoms with Crippen molar-refractivity contribution in [2.24, 2.45) is 4.99 Å². The highest BCUT2D eigenvalue weighted by Crippen LogP contribution is 2.24. The van der Waals surface area contributed by atoms with Crippen molar-refractivity contribution in [2.45, 2.75) is 33.5 Å². The molecule has 2 aromatic heterocycles. The molecule has 4 rings (SSSR count). The van der Waals surface area contributed by atoms with Crippen LogP contribution in [0.3, 0.4) is 0 Å². The van der Waals surface area contributed by atoms with Gasteiger partial charge in [-0.1, -0.05) is 48.5 Å². The quantitative estimate of drug-likeness (QED) is 0.204. The van der Waals surface area contributed by atoms with E-state index in [1.54, 1.807) is 0 Å². The van der Waals surface area contributed by atoms with Crippen molar-refractivity contribution in [2.75, 3.05) is 6.54 Å². The third kappa shape index (κ3) is 5.66. The Balaban J connectivity index is 0.00000272. The molecule has 0 unspecified atom stereocenters. The first-order valence-electron chi connectivity index (χ1n) is 10.3. The number of hydrogen-bond acceptors (Lipinski definition) is 3. The lowest BCUT2D eigenvalue weighted by Gasteiger charge is -2.11. The van der Waals surface area contributed by atoms with Gasteiger partial charge in [0.2, 0.25) is 0 Å². The van der Waals surface area contributed by atoms with E-state index in [0.717, 1.165) is 47.2 Å². The molecule has 0 atom stereocenters. The minimum atomic E-state index is 0. The number of nitrogens with zero attached hydrogens (tertiary/aromatic N) is 3. The molecule has 0 aliphatic carbocycles. The van der Waals surface area contributed by atoms with Gasteiger partial charge in [0.1, 0.15) is 23.7 Å². The number of aliphatic imine (C=N–C) groups is 1. The highest BCUT2D eigenvalue weighted by atomic mass is 127. The maximum absolute atomic E-state index is 6.00. The monoisotopic (exact) mass is 529 g/mol. The molecule has 0 radical (unpaired) electrons. The van der Waals surface area contributed by atoms with Crippen LogP contribution in [-0.4, -0.2) is 22.1 Å². The van der Waals surface area contributed by atoms with Crippen molar-refractivity contribution < 1.29 is 4.42 Å². The lowest BCUT2D eigenvalue weighted by molar-refractivity contribution is 0.534. The number of rotatable bonds is 7. The van der Waals surface area contributed by atoms with Crippen LogP contribution in [0.15, 0.2) is 76.4 Å². The number of aromatic nitrogens is 2. The van der Waals surface area contributed by atoms with Gasteiger partial charge in [0, 0.05) is 36.4 Å². The third-order valence-corrected chi connectivity index (χ3v) is 5.08. The Labute approximate surface area is 199 Å². The minimum Gasteiger partial charge on any atom is -0.459 e. The summed E-state index contributed by atoms with van der Waals surface area (Å²) < 4.78 is 8.13. The van der Waals surface area contributed by atoms with E-state index in [1.807, 2.05) is 36.7 Å². The lowest BCUT2D eigenvalue weighted by Crippen LogP contribution is -2.36. The Morgan fingerprint density at radius 3 is 2.61 bits per heavy atom. The first-order chi connectivity index (χ1) is 14.7. The molecule has 2 heterocycles. The van der Waals surface area contributed by atoms with Crippen molar-refractivity contribution in [3.63, 3.8) is 0 Å². The molecule has 0 spiro atoms. The van der Waals surface area contributed by atoms with E-state index in [0.29, 0.717) is 13.1 Å². The van der Waals surface area contributed by atoms with Crippen LogP contribution in [-0.2, 0) is 19.6 Å². The summed E-state index contributed by atoms with van der Waals surface area (Å²) in [6.45, 7) is 6.78. The normalized spacial score (nSPS) is 11.4. The van der Waals surface area contributed by atoms with E-state index in [9.17, 15) is 0 Å². The van der Waals surface area contributed by atoms with Gasteiger partial charge in [-0.2, -0.15) is 0 Å². The smallest absolute Gasteiger partial charge is 0.192 e. The molecule has 0 aliphatic rings. The van der Waals surface area contributed by atoms with Crippen molar-refractivity contribution >= 4 is 40.9 Å². The summed E-state index contributed by atoms with van der Waals surface area (Å²) in [5.74, 6) is 2.59. The SMILES string of the molecule is CCNC(=NCc1nccn1Cc1ccccc1)NCc1oc2ccccc2c1C.I. The van der Waals surface area contributed by atoms with Crippen LogP contribution < -0.4 is 10.6 Å². The number of para-hydroxylation sites is 1. The first-order valence-corrected chi connectivity index (χ1v) is 10.3. The average molecular weight is 529 g/mol. The molecule has 0 bridgehead atoms. The van der Waals surface area contributed by atoms with Gasteiger partial charge in [0.25, 0.3) is 0 Å². The second-order valence-electron chi connectivity index (χ2n) is 7.15. The van der Waals surface area contributed by atoms with Crippen LogP contribution in [0.2, 0.25) is 0 Å². The minimum absolute atomic E-state index is 0. The average Bonchev–Trinajstić information content (AvgIpc) is 3.35. The Morgan fingerprint density at radius 2 is 1.84 bits per heavy atom. The molecule has 0 aliphatic heterocycles. The van der Waals surface area contributed by atoms with Crippen LogP contribution in [0, 0.1) is 6.92 Å². The Hall–Kier alpha value is -2.81. The van der Waals surface area contributed by atoms with Crippen LogP contribution >= 0.6 is 24.0 Å². The zero-order valence-electron chi connectivity index (χ0n) is 17.8. The molecule has 0 amide bonds. The summed E-state index contributed by atoms with van der Waals surface area (Å²) in [7, 11) is 0. The largest absolute Gasteiger partial charge is 0.459 e. The Morgan fingerprint density at radius 1 is 1.06 bits per heavy atom. The van der Waals surface area contributed by atoms with Crippen molar-refractivity contribution in [3.05, 3.63) is 89.7 Å². The summed E-state index contributed by atoms with van der Waals surface area (Å²) in [5.41, 5.74) is 3.31. The molecular formula is C24H28IN5O. The molecule has 2 N–H and O–H groups in total. The molecule has 0 saturated carbocycles. The van der Waals surface area contributed by atoms with Gasteiger partial charge in [-0.3, -0.25) is 0 Å². The number of aryl methyl sites for hydroxylation is 1. The standard InChI is InChI=1S/C24H27N5O.HI/c1-3-25-24(27-15-22-18(2)20-11-7-8-12-21(20)30-22)28-16-23-26-13-14-29(23)17-19-9-5-4-6-10-19;/h4-14H,3,15-17H2,1-2H3,(H2,25,27,28);1H. The van der Waals surface area contributed by atoms with Crippen LogP contribution in [0.1, 0.15) is 29.6 Å². The summed E-state index contributed by atoms with van der Waals surface area (Å²) >= 11 is 0. The van der Waals surface area contributed by atoms with E-state index in [-0.39, 0.29) is 24.0 Å². The van der Waals surface area contributed by atoms with Gasteiger partial charge in [-0.05, 0) is 25.5 Å². The Bertz CT molecular complexity index is 1130. The van der Waals surface area contributed by atoms with E-state index in [1.165, 1.54) is 5.56 Å². The van der Waals surface area contributed by atoms with Crippen LogP contribution in [0.4, 0.5) is 0 Å². The summed E-state index contributed by atoms with van der Waals surface area (Å²) in [6, 6.07) is 18.5. The molecule has 0 fully saturated rings. The summed E-state index contributed by atoms with van der Waals surface area (Å²) in [5, 5.41) is 7.83. The highest BCUT2D eigenvalue weighted by Gasteiger charge is 2.10. The van der Waals surface area contributed by atoms with Gasteiger partial charge >= 0.3 is 0 Å². The van der Waals surface area contributed by atoms with E-state index < -0.39 is 0 Å². The van der Waals surface area contributed by atoms with E-state index >= 15 is 0 Å². The molecule has 4 aromatic rings. The van der Waals surface area contributed by atoms with Crippen molar-refractivity contribution in [3.8, 4) is 0 Å². The lowest BCUT2D eigenvalue weighted by atomic mass is 10.1. The van der Waals surface area contributed by atoms with Crippen molar-refractivity contribution in [1.29, 1.82) is 0 Å². The van der Waals surface area contributed by atoms with E-state index in [2.05, 4.69) is 64.4 Å². The molecule has 6 nitrogen and oxygen atoms in total. The number of halogens is 1. The number of guanidine groups is 1. The molecule has 7 heteroatoms. The molecule has 31 heavy (non-hydrogen) atoms.